The molecule has 0 spiro atoms. The van der Waals surface area contributed by atoms with Gasteiger partial charge in [0.25, 0.3) is 0 Å². The van der Waals surface area contributed by atoms with Gasteiger partial charge in [0.05, 0.1) is 11.9 Å². The van der Waals surface area contributed by atoms with Gasteiger partial charge in [-0.15, -0.1) is 0 Å². The Balaban J connectivity index is 1.73. The Hall–Kier alpha value is -2.58. The normalized spacial score (nSPS) is 14.9. The van der Waals surface area contributed by atoms with Crippen LogP contribution in [0.4, 0.5) is 5.69 Å². The Kier molecular flexibility index (Phi) is 9.79. The van der Waals surface area contributed by atoms with Crippen molar-refractivity contribution in [1.82, 2.24) is 10.2 Å². The van der Waals surface area contributed by atoms with Gasteiger partial charge in [0.2, 0.25) is 21.8 Å². The third-order valence-corrected chi connectivity index (χ3v) is 8.25. The number of anilines is 1. The van der Waals surface area contributed by atoms with Crippen molar-refractivity contribution in [1.29, 1.82) is 0 Å². The second kappa shape index (κ2) is 12.6. The van der Waals surface area contributed by atoms with E-state index in [0.29, 0.717) is 17.1 Å². The molecule has 196 valence electrons. The Morgan fingerprint density at radius 3 is 2.36 bits per heavy atom. The summed E-state index contributed by atoms with van der Waals surface area (Å²) in [4.78, 5) is 28.0. The van der Waals surface area contributed by atoms with E-state index in [9.17, 15) is 18.0 Å². The third-order valence-electron chi connectivity index (χ3n) is 6.70. The Morgan fingerprint density at radius 1 is 1.08 bits per heavy atom. The molecule has 1 atom stereocenters. The van der Waals surface area contributed by atoms with E-state index in [1.54, 1.807) is 30.0 Å². The molecule has 1 saturated carbocycles. The van der Waals surface area contributed by atoms with Gasteiger partial charge >= 0.3 is 0 Å². The van der Waals surface area contributed by atoms with Crippen LogP contribution in [0.15, 0.2) is 48.5 Å². The lowest BCUT2D eigenvalue weighted by atomic mass is 10.1. The molecule has 0 radical (unpaired) electrons. The number of para-hydroxylation sites is 1. The van der Waals surface area contributed by atoms with Crippen molar-refractivity contribution in [3.63, 3.8) is 0 Å². The van der Waals surface area contributed by atoms with Crippen LogP contribution in [-0.4, -0.2) is 50.0 Å². The van der Waals surface area contributed by atoms with Crippen LogP contribution in [0.2, 0.25) is 5.02 Å². The number of carbonyl (C=O) groups is 2. The number of nitrogens with one attached hydrogen (secondary N) is 1. The van der Waals surface area contributed by atoms with Gasteiger partial charge in [-0.2, -0.15) is 0 Å². The van der Waals surface area contributed by atoms with Gasteiger partial charge in [0.1, 0.15) is 6.04 Å². The molecule has 0 unspecified atom stereocenters. The van der Waals surface area contributed by atoms with E-state index in [2.05, 4.69) is 5.32 Å². The zero-order chi connectivity index (χ0) is 26.3. The number of nitrogens with zero attached hydrogens (tertiary/aromatic N) is 2. The first-order valence-electron chi connectivity index (χ1n) is 12.4. The molecular weight excluding hydrogens is 498 g/mol. The predicted molar refractivity (Wildman–Crippen MR) is 144 cm³/mol. The van der Waals surface area contributed by atoms with Crippen molar-refractivity contribution in [2.75, 3.05) is 17.1 Å². The topological polar surface area (TPSA) is 86.8 Å². The fourth-order valence-electron chi connectivity index (χ4n) is 4.61. The average molecular weight is 534 g/mol. The summed E-state index contributed by atoms with van der Waals surface area (Å²) in [5.41, 5.74) is 2.20. The van der Waals surface area contributed by atoms with E-state index in [1.165, 1.54) is 10.6 Å². The SMILES string of the molecule is Cc1ccccc1N(CCCC(=O)N(Cc1ccccc1Cl)[C@H](C)C(=O)NC1CCCC1)S(C)(=O)=O. The monoisotopic (exact) mass is 533 g/mol. The number of amides is 2. The van der Waals surface area contributed by atoms with E-state index < -0.39 is 16.1 Å². The van der Waals surface area contributed by atoms with Crippen molar-refractivity contribution < 1.29 is 18.0 Å². The molecule has 0 aliphatic heterocycles. The number of sulfonamides is 1. The smallest absolute Gasteiger partial charge is 0.242 e. The van der Waals surface area contributed by atoms with Crippen molar-refractivity contribution in [3.8, 4) is 0 Å². The van der Waals surface area contributed by atoms with Gasteiger partial charge in [-0.05, 0) is 56.4 Å². The largest absolute Gasteiger partial charge is 0.352 e. The summed E-state index contributed by atoms with van der Waals surface area (Å²) in [6, 6.07) is 14.0. The summed E-state index contributed by atoms with van der Waals surface area (Å²) in [6.45, 7) is 3.95. The van der Waals surface area contributed by atoms with Gasteiger partial charge in [-0.1, -0.05) is 60.8 Å². The first kappa shape index (κ1) is 28.0. The van der Waals surface area contributed by atoms with E-state index in [0.717, 1.165) is 36.8 Å². The van der Waals surface area contributed by atoms with Crippen LogP contribution >= 0.6 is 11.6 Å². The van der Waals surface area contributed by atoms with Crippen molar-refractivity contribution in [3.05, 3.63) is 64.7 Å². The van der Waals surface area contributed by atoms with Crippen LogP contribution in [0.25, 0.3) is 0 Å². The first-order chi connectivity index (χ1) is 17.1. The zero-order valence-electron chi connectivity index (χ0n) is 21.2. The molecule has 0 heterocycles. The summed E-state index contributed by atoms with van der Waals surface area (Å²) < 4.78 is 26.3. The zero-order valence-corrected chi connectivity index (χ0v) is 22.8. The van der Waals surface area contributed by atoms with Crippen LogP contribution in [0, 0.1) is 6.92 Å². The number of hydrogen-bond acceptors (Lipinski definition) is 4. The fourth-order valence-corrected chi connectivity index (χ4v) is 5.83. The molecule has 2 aromatic rings. The fraction of sp³-hybridized carbons (Fsp3) is 0.481. The molecule has 2 aromatic carbocycles. The molecule has 1 fully saturated rings. The van der Waals surface area contributed by atoms with Crippen LogP contribution in [-0.2, 0) is 26.2 Å². The minimum Gasteiger partial charge on any atom is -0.352 e. The number of hydrogen-bond donors (Lipinski definition) is 1. The first-order valence-corrected chi connectivity index (χ1v) is 14.7. The molecule has 9 heteroatoms. The molecule has 1 N–H and O–H groups in total. The predicted octanol–water partition coefficient (Wildman–Crippen LogP) is 4.67. The molecule has 1 aliphatic carbocycles. The van der Waals surface area contributed by atoms with E-state index >= 15 is 0 Å². The van der Waals surface area contributed by atoms with Crippen LogP contribution in [0.5, 0.6) is 0 Å². The Bertz CT molecular complexity index is 1170. The van der Waals surface area contributed by atoms with E-state index in [1.807, 2.05) is 37.3 Å². The second-order valence-corrected chi connectivity index (χ2v) is 11.8. The number of rotatable bonds is 11. The van der Waals surface area contributed by atoms with Crippen molar-refractivity contribution in [2.45, 2.75) is 71.0 Å². The quantitative estimate of drug-likeness (QED) is 0.454. The highest BCUT2D eigenvalue weighted by atomic mass is 35.5. The lowest BCUT2D eigenvalue weighted by Crippen LogP contribution is -2.49. The van der Waals surface area contributed by atoms with E-state index in [-0.39, 0.29) is 37.4 Å². The van der Waals surface area contributed by atoms with E-state index in [4.69, 9.17) is 11.6 Å². The number of carbonyl (C=O) groups excluding carboxylic acids is 2. The standard InChI is InChI=1S/C27H36ClN3O4S/c1-20-11-4-9-16-25(20)31(36(3,34)35)18-10-17-26(32)30(19-22-12-5-8-15-24(22)28)21(2)27(33)29-23-13-6-7-14-23/h4-5,8-9,11-12,15-16,21,23H,6-7,10,13-14,17-19H2,1-3H3,(H,29,33)/t21-/m1/s1. The summed E-state index contributed by atoms with van der Waals surface area (Å²) >= 11 is 6.36. The summed E-state index contributed by atoms with van der Waals surface area (Å²) in [7, 11) is -3.53. The number of halogens is 1. The molecule has 0 bridgehead atoms. The highest BCUT2D eigenvalue weighted by Gasteiger charge is 2.29. The maximum absolute atomic E-state index is 13.4. The van der Waals surface area contributed by atoms with Crippen molar-refractivity contribution in [2.24, 2.45) is 0 Å². The highest BCUT2D eigenvalue weighted by Crippen LogP contribution is 2.24. The van der Waals surface area contributed by atoms with Crippen LogP contribution in [0.3, 0.4) is 0 Å². The van der Waals surface area contributed by atoms with Gasteiger partial charge < -0.3 is 10.2 Å². The maximum Gasteiger partial charge on any atom is 0.242 e. The molecule has 0 saturated heterocycles. The van der Waals surface area contributed by atoms with Crippen LogP contribution < -0.4 is 9.62 Å². The van der Waals surface area contributed by atoms with Gasteiger partial charge in [-0.3, -0.25) is 13.9 Å². The minimum absolute atomic E-state index is 0.101. The number of aryl methyl sites for hydroxylation is 1. The lowest BCUT2D eigenvalue weighted by Gasteiger charge is -2.30. The molecule has 0 aromatic heterocycles. The molecule has 36 heavy (non-hydrogen) atoms. The van der Waals surface area contributed by atoms with Gasteiger partial charge in [-0.25, -0.2) is 8.42 Å². The summed E-state index contributed by atoms with van der Waals surface area (Å²) in [6.07, 6.45) is 5.69. The molecular formula is C27H36ClN3O4S. The van der Waals surface area contributed by atoms with Crippen molar-refractivity contribution >= 4 is 39.1 Å². The number of benzene rings is 2. The Labute approximate surface area is 219 Å². The highest BCUT2D eigenvalue weighted by molar-refractivity contribution is 7.92. The molecule has 1 aliphatic rings. The molecule has 7 nitrogen and oxygen atoms in total. The summed E-state index contributed by atoms with van der Waals surface area (Å²) in [5, 5.41) is 3.61. The molecule has 2 amide bonds. The van der Waals surface area contributed by atoms with Gasteiger partial charge in [0.15, 0.2) is 0 Å². The second-order valence-electron chi connectivity index (χ2n) is 9.50. The average Bonchev–Trinajstić information content (AvgIpc) is 3.33. The lowest BCUT2D eigenvalue weighted by molar-refractivity contribution is -0.140. The summed E-state index contributed by atoms with van der Waals surface area (Å²) in [5.74, 6) is -0.401. The van der Waals surface area contributed by atoms with Crippen LogP contribution in [0.1, 0.15) is 56.6 Å². The van der Waals surface area contributed by atoms with Gasteiger partial charge in [0, 0.05) is 30.6 Å². The molecule has 3 rings (SSSR count). The third kappa shape index (κ3) is 7.46. The maximum atomic E-state index is 13.4. The minimum atomic E-state index is -3.53. The Morgan fingerprint density at radius 2 is 1.72 bits per heavy atom.